The lowest BCUT2D eigenvalue weighted by Crippen LogP contribution is -2.58. The van der Waals surface area contributed by atoms with Gasteiger partial charge in [0.25, 0.3) is 0 Å². The number of ether oxygens (including phenoxy) is 4. The summed E-state index contributed by atoms with van der Waals surface area (Å²) >= 11 is 0. The van der Waals surface area contributed by atoms with E-state index in [1.807, 2.05) is 6.07 Å². The Kier molecular flexibility index (Phi) is 13.8. The largest absolute Gasteiger partial charge is 0.466 e. The molecular weight excluding hydrogens is 558 g/mol. The normalized spacial score (nSPS) is 14.0. The van der Waals surface area contributed by atoms with Gasteiger partial charge in [-0.3, -0.25) is 9.59 Å². The highest BCUT2D eigenvalue weighted by Gasteiger charge is 2.36. The number of hydrogen-bond acceptors (Lipinski definition) is 10. The summed E-state index contributed by atoms with van der Waals surface area (Å²) in [6.07, 6.45) is 2.89. The Morgan fingerprint density at radius 3 is 2.37 bits per heavy atom. The van der Waals surface area contributed by atoms with Gasteiger partial charge in [0, 0.05) is 30.9 Å². The van der Waals surface area contributed by atoms with Crippen molar-refractivity contribution in [2.75, 3.05) is 71.2 Å². The standard InChI is InChI=1S/C29H45N7O7/c1-4-43-26(37)22-8-11-35(12-9-22)27(38)29(2,3)32-28(39)31-24-7-5-6-23(20-24)25-21-36(34-33-25)13-15-41-17-19-42-18-16-40-14-10-30/h5-7,20-22H,4,8-19,30H2,1-3H3,(H2,31,32,39). The van der Waals surface area contributed by atoms with Crippen LogP contribution in [-0.2, 0) is 35.1 Å². The maximum absolute atomic E-state index is 13.2. The molecule has 0 saturated carbocycles. The second kappa shape index (κ2) is 17.5. The van der Waals surface area contributed by atoms with Crippen molar-refractivity contribution in [2.24, 2.45) is 11.7 Å². The van der Waals surface area contributed by atoms with E-state index >= 15 is 0 Å². The van der Waals surface area contributed by atoms with E-state index in [1.54, 1.807) is 54.7 Å². The molecule has 0 atom stereocenters. The van der Waals surface area contributed by atoms with Gasteiger partial charge >= 0.3 is 12.0 Å². The Labute approximate surface area is 252 Å². The lowest BCUT2D eigenvalue weighted by Gasteiger charge is -2.36. The Bertz CT molecular complexity index is 1170. The van der Waals surface area contributed by atoms with Gasteiger partial charge in [0.2, 0.25) is 5.91 Å². The number of aromatic nitrogens is 3. The van der Waals surface area contributed by atoms with E-state index in [2.05, 4.69) is 20.9 Å². The maximum atomic E-state index is 13.2. The van der Waals surface area contributed by atoms with Crippen LogP contribution in [0.2, 0.25) is 0 Å². The van der Waals surface area contributed by atoms with Gasteiger partial charge in [0.15, 0.2) is 0 Å². The minimum absolute atomic E-state index is 0.200. The van der Waals surface area contributed by atoms with Crippen molar-refractivity contribution in [3.63, 3.8) is 0 Å². The van der Waals surface area contributed by atoms with Gasteiger partial charge < -0.3 is 40.2 Å². The number of nitrogens with zero attached hydrogens (tertiary/aromatic N) is 4. The van der Waals surface area contributed by atoms with Crippen LogP contribution >= 0.6 is 0 Å². The monoisotopic (exact) mass is 603 g/mol. The lowest BCUT2D eigenvalue weighted by atomic mass is 9.94. The number of benzene rings is 1. The number of urea groups is 1. The Hall–Kier alpha value is -3.59. The molecule has 0 unspecified atom stereocenters. The van der Waals surface area contributed by atoms with Crippen LogP contribution in [0.5, 0.6) is 0 Å². The van der Waals surface area contributed by atoms with E-state index in [-0.39, 0.29) is 17.8 Å². The number of nitrogens with one attached hydrogen (secondary N) is 2. The van der Waals surface area contributed by atoms with Crippen molar-refractivity contribution < 1.29 is 33.3 Å². The number of nitrogens with two attached hydrogens (primary N) is 1. The van der Waals surface area contributed by atoms with Crippen LogP contribution in [0.25, 0.3) is 11.3 Å². The summed E-state index contributed by atoms with van der Waals surface area (Å²) in [5, 5.41) is 14.0. The highest BCUT2D eigenvalue weighted by Crippen LogP contribution is 2.23. The first kappa shape index (κ1) is 33.9. The lowest BCUT2D eigenvalue weighted by molar-refractivity contribution is -0.152. The second-order valence-electron chi connectivity index (χ2n) is 10.6. The predicted molar refractivity (Wildman–Crippen MR) is 159 cm³/mol. The molecule has 3 rings (SSSR count). The quantitative estimate of drug-likeness (QED) is 0.178. The number of hydrogen-bond donors (Lipinski definition) is 3. The third-order valence-electron chi connectivity index (χ3n) is 6.79. The molecule has 0 aliphatic carbocycles. The minimum Gasteiger partial charge on any atom is -0.466 e. The van der Waals surface area contributed by atoms with E-state index in [1.165, 1.54) is 0 Å². The van der Waals surface area contributed by atoms with Crippen molar-refractivity contribution in [1.29, 1.82) is 0 Å². The number of likely N-dealkylation sites (tertiary alicyclic amines) is 1. The molecule has 4 N–H and O–H groups in total. The van der Waals surface area contributed by atoms with Crippen molar-refractivity contribution in [2.45, 2.75) is 45.7 Å². The summed E-state index contributed by atoms with van der Waals surface area (Å²) in [5.41, 5.74) is 6.17. The van der Waals surface area contributed by atoms with Gasteiger partial charge in [-0.1, -0.05) is 17.3 Å². The molecule has 1 aromatic carbocycles. The minimum atomic E-state index is -1.14. The van der Waals surface area contributed by atoms with Crippen LogP contribution in [0.3, 0.4) is 0 Å². The molecule has 238 valence electrons. The summed E-state index contributed by atoms with van der Waals surface area (Å²) < 4.78 is 23.0. The molecule has 3 amide bonds. The molecule has 0 bridgehead atoms. The summed E-state index contributed by atoms with van der Waals surface area (Å²) in [6, 6.07) is 6.70. The fourth-order valence-corrected chi connectivity index (χ4v) is 4.55. The SMILES string of the molecule is CCOC(=O)C1CCN(C(=O)C(C)(C)NC(=O)Nc2cccc(-c3cn(CCOCCOCCOCCN)nn3)c2)CC1. The van der Waals surface area contributed by atoms with E-state index in [0.717, 1.165) is 5.56 Å². The van der Waals surface area contributed by atoms with Crippen molar-refractivity contribution in [1.82, 2.24) is 25.2 Å². The van der Waals surface area contributed by atoms with Crippen LogP contribution in [0.4, 0.5) is 10.5 Å². The summed E-state index contributed by atoms with van der Waals surface area (Å²) in [5.74, 6) is -0.628. The first-order valence-electron chi connectivity index (χ1n) is 14.7. The van der Waals surface area contributed by atoms with E-state index < -0.39 is 11.6 Å². The predicted octanol–water partition coefficient (Wildman–Crippen LogP) is 1.66. The molecule has 43 heavy (non-hydrogen) atoms. The number of piperidine rings is 1. The van der Waals surface area contributed by atoms with Gasteiger partial charge in [0.05, 0.1) is 64.9 Å². The average molecular weight is 604 g/mol. The molecule has 1 aliphatic rings. The summed E-state index contributed by atoms with van der Waals surface area (Å²) in [4.78, 5) is 39.7. The second-order valence-corrected chi connectivity index (χ2v) is 10.6. The zero-order valence-corrected chi connectivity index (χ0v) is 25.4. The molecule has 14 nitrogen and oxygen atoms in total. The van der Waals surface area contributed by atoms with Crippen LogP contribution < -0.4 is 16.4 Å². The highest BCUT2D eigenvalue weighted by molar-refractivity contribution is 5.96. The van der Waals surface area contributed by atoms with Gasteiger partial charge in [0.1, 0.15) is 11.2 Å². The first-order chi connectivity index (χ1) is 20.7. The zero-order chi connectivity index (χ0) is 31.1. The number of carbonyl (C=O) groups is 3. The van der Waals surface area contributed by atoms with E-state index in [9.17, 15) is 14.4 Å². The van der Waals surface area contributed by atoms with Crippen LogP contribution in [0.15, 0.2) is 30.5 Å². The van der Waals surface area contributed by atoms with Gasteiger partial charge in [-0.05, 0) is 45.7 Å². The van der Waals surface area contributed by atoms with Gasteiger partial charge in [-0.25, -0.2) is 9.48 Å². The smallest absolute Gasteiger partial charge is 0.320 e. The van der Waals surface area contributed by atoms with E-state index in [0.29, 0.717) is 96.7 Å². The molecular formula is C29H45N7O7. The zero-order valence-electron chi connectivity index (χ0n) is 25.4. The van der Waals surface area contributed by atoms with Gasteiger partial charge in [-0.15, -0.1) is 5.10 Å². The molecule has 0 spiro atoms. The van der Waals surface area contributed by atoms with Crippen molar-refractivity contribution in [3.8, 4) is 11.3 Å². The number of rotatable bonds is 17. The molecule has 14 heteroatoms. The van der Waals surface area contributed by atoms with Gasteiger partial charge in [-0.2, -0.15) is 0 Å². The Morgan fingerprint density at radius 2 is 1.70 bits per heavy atom. The Morgan fingerprint density at radius 1 is 1.02 bits per heavy atom. The van der Waals surface area contributed by atoms with Crippen LogP contribution in [-0.4, -0.2) is 109 Å². The maximum Gasteiger partial charge on any atom is 0.320 e. The summed E-state index contributed by atoms with van der Waals surface area (Å²) in [6.45, 7) is 10.3. The first-order valence-corrected chi connectivity index (χ1v) is 14.7. The fraction of sp³-hybridized carbons (Fsp3) is 0.621. The van der Waals surface area contributed by atoms with Crippen molar-refractivity contribution >= 4 is 23.6 Å². The summed E-state index contributed by atoms with van der Waals surface area (Å²) in [7, 11) is 0. The Balaban J connectivity index is 1.42. The molecule has 2 aromatic rings. The number of anilines is 1. The number of carbonyl (C=O) groups excluding carboxylic acids is 3. The molecule has 1 aromatic heterocycles. The van der Waals surface area contributed by atoms with Crippen LogP contribution in [0.1, 0.15) is 33.6 Å². The molecule has 2 heterocycles. The third-order valence-corrected chi connectivity index (χ3v) is 6.79. The number of amides is 3. The average Bonchev–Trinajstić information content (AvgIpc) is 3.47. The third kappa shape index (κ3) is 11.2. The highest BCUT2D eigenvalue weighted by atomic mass is 16.5. The van der Waals surface area contributed by atoms with E-state index in [4.69, 9.17) is 24.7 Å². The molecule has 1 fully saturated rings. The molecule has 1 aliphatic heterocycles. The van der Waals surface area contributed by atoms with Crippen LogP contribution in [0, 0.1) is 5.92 Å². The topological polar surface area (TPSA) is 172 Å². The van der Waals surface area contributed by atoms with Crippen molar-refractivity contribution in [3.05, 3.63) is 30.5 Å². The number of esters is 1. The molecule has 0 radical (unpaired) electrons. The molecule has 1 saturated heterocycles. The fourth-order valence-electron chi connectivity index (χ4n) is 4.55.